The molecule has 1 aromatic rings. The first-order valence-electron chi connectivity index (χ1n) is 8.85. The molecule has 6 heteroatoms. The van der Waals surface area contributed by atoms with Crippen LogP contribution in [0.25, 0.3) is 0 Å². The summed E-state index contributed by atoms with van der Waals surface area (Å²) in [6, 6.07) is 2.58. The minimum absolute atomic E-state index is 0.568. The van der Waals surface area contributed by atoms with Gasteiger partial charge in [0.05, 0.1) is 12.2 Å². The summed E-state index contributed by atoms with van der Waals surface area (Å²) in [4.78, 5) is 7.30. The van der Waals surface area contributed by atoms with Crippen LogP contribution in [0.15, 0.2) is 17.3 Å². The highest BCUT2D eigenvalue weighted by Gasteiger charge is 2.24. The molecule has 1 aromatic heterocycles. The zero-order chi connectivity index (χ0) is 16.7. The van der Waals surface area contributed by atoms with Gasteiger partial charge in [0.1, 0.15) is 0 Å². The highest BCUT2D eigenvalue weighted by atomic mass is 15.3. The van der Waals surface area contributed by atoms with Crippen molar-refractivity contribution in [2.24, 2.45) is 18.0 Å². The van der Waals surface area contributed by atoms with Crippen LogP contribution in [0, 0.1) is 5.92 Å². The molecule has 0 spiro atoms. The maximum atomic E-state index is 4.69. The van der Waals surface area contributed by atoms with E-state index in [1.807, 2.05) is 24.0 Å². The van der Waals surface area contributed by atoms with Gasteiger partial charge in [-0.1, -0.05) is 13.8 Å². The molecule has 1 saturated heterocycles. The molecule has 130 valence electrons. The van der Waals surface area contributed by atoms with E-state index in [9.17, 15) is 0 Å². The van der Waals surface area contributed by atoms with Crippen molar-refractivity contribution in [1.29, 1.82) is 0 Å². The van der Waals surface area contributed by atoms with Crippen LogP contribution in [0.4, 0.5) is 0 Å². The van der Waals surface area contributed by atoms with Crippen LogP contribution < -0.4 is 10.6 Å². The molecule has 1 aliphatic heterocycles. The van der Waals surface area contributed by atoms with Crippen molar-refractivity contribution in [3.05, 3.63) is 18.0 Å². The lowest BCUT2D eigenvalue weighted by Gasteiger charge is -2.31. The molecular weight excluding hydrogens is 288 g/mol. The van der Waals surface area contributed by atoms with E-state index in [1.165, 1.54) is 25.9 Å². The van der Waals surface area contributed by atoms with E-state index >= 15 is 0 Å². The summed E-state index contributed by atoms with van der Waals surface area (Å²) >= 11 is 0. The second-order valence-corrected chi connectivity index (χ2v) is 6.58. The fourth-order valence-corrected chi connectivity index (χ4v) is 3.12. The quantitative estimate of drug-likeness (QED) is 0.592. The second-order valence-electron chi connectivity index (χ2n) is 6.58. The second kappa shape index (κ2) is 8.91. The number of rotatable bonds is 7. The maximum Gasteiger partial charge on any atom is 0.191 e. The van der Waals surface area contributed by atoms with Gasteiger partial charge in [-0.15, -0.1) is 0 Å². The van der Waals surface area contributed by atoms with Gasteiger partial charge in [-0.3, -0.25) is 9.58 Å². The highest BCUT2D eigenvalue weighted by Crippen LogP contribution is 2.17. The first-order chi connectivity index (χ1) is 11.1. The number of nitrogens with one attached hydrogen (secondary N) is 2. The Labute approximate surface area is 140 Å². The van der Waals surface area contributed by atoms with Gasteiger partial charge < -0.3 is 10.6 Å². The van der Waals surface area contributed by atoms with Gasteiger partial charge in [-0.25, -0.2) is 4.99 Å². The first kappa shape index (κ1) is 17.8. The van der Waals surface area contributed by atoms with Crippen molar-refractivity contribution in [2.75, 3.05) is 26.2 Å². The molecule has 23 heavy (non-hydrogen) atoms. The largest absolute Gasteiger partial charge is 0.357 e. The lowest BCUT2D eigenvalue weighted by molar-refractivity contribution is 0.192. The summed E-state index contributed by atoms with van der Waals surface area (Å²) in [7, 11) is 1.95. The third-order valence-electron chi connectivity index (χ3n) is 4.52. The lowest BCUT2D eigenvalue weighted by atomic mass is 10.0. The summed E-state index contributed by atoms with van der Waals surface area (Å²) in [5.74, 6) is 1.53. The molecule has 0 aliphatic carbocycles. The molecule has 1 aliphatic rings. The SMILES string of the molecule is CCNC(=NCc1ccnn1C)NCC(C(C)C)N1CCCC1. The van der Waals surface area contributed by atoms with Crippen LogP contribution in [0.5, 0.6) is 0 Å². The number of hydrogen-bond donors (Lipinski definition) is 2. The predicted molar refractivity (Wildman–Crippen MR) is 95.5 cm³/mol. The average molecular weight is 320 g/mol. The van der Waals surface area contributed by atoms with Crippen LogP contribution in [0.3, 0.4) is 0 Å². The van der Waals surface area contributed by atoms with E-state index in [1.54, 1.807) is 0 Å². The Morgan fingerprint density at radius 3 is 2.61 bits per heavy atom. The Bertz CT molecular complexity index is 487. The zero-order valence-corrected chi connectivity index (χ0v) is 15.0. The van der Waals surface area contributed by atoms with Crippen molar-refractivity contribution < 1.29 is 0 Å². The summed E-state index contributed by atoms with van der Waals surface area (Å²) in [6.07, 6.45) is 4.48. The van der Waals surface area contributed by atoms with E-state index in [0.717, 1.165) is 24.7 Å². The van der Waals surface area contributed by atoms with E-state index in [2.05, 4.69) is 46.4 Å². The fourth-order valence-electron chi connectivity index (χ4n) is 3.12. The molecule has 2 N–H and O–H groups in total. The number of nitrogens with zero attached hydrogens (tertiary/aromatic N) is 4. The number of aryl methyl sites for hydroxylation is 1. The van der Waals surface area contributed by atoms with Crippen LogP contribution >= 0.6 is 0 Å². The molecule has 2 rings (SSSR count). The number of aromatic nitrogens is 2. The number of aliphatic imine (C=N–C) groups is 1. The Kier molecular flexibility index (Phi) is 6.89. The number of guanidine groups is 1. The summed E-state index contributed by atoms with van der Waals surface area (Å²) < 4.78 is 1.87. The molecule has 0 bridgehead atoms. The Balaban J connectivity index is 1.93. The van der Waals surface area contributed by atoms with Gasteiger partial charge in [-0.05, 0) is 44.8 Å². The number of likely N-dealkylation sites (tertiary alicyclic amines) is 1. The van der Waals surface area contributed by atoms with Gasteiger partial charge in [0.25, 0.3) is 0 Å². The van der Waals surface area contributed by atoms with Gasteiger partial charge in [0, 0.05) is 32.4 Å². The molecule has 2 heterocycles. The smallest absolute Gasteiger partial charge is 0.191 e. The summed E-state index contributed by atoms with van der Waals surface area (Å²) in [5.41, 5.74) is 1.11. The van der Waals surface area contributed by atoms with E-state index in [0.29, 0.717) is 18.5 Å². The van der Waals surface area contributed by atoms with Gasteiger partial charge in [-0.2, -0.15) is 5.10 Å². The molecule has 0 amide bonds. The Morgan fingerprint density at radius 2 is 2.04 bits per heavy atom. The van der Waals surface area contributed by atoms with Gasteiger partial charge in [0.2, 0.25) is 0 Å². The van der Waals surface area contributed by atoms with Gasteiger partial charge in [0.15, 0.2) is 5.96 Å². The minimum Gasteiger partial charge on any atom is -0.357 e. The fraction of sp³-hybridized carbons (Fsp3) is 0.765. The average Bonchev–Trinajstić information content (AvgIpc) is 3.16. The molecule has 0 aromatic carbocycles. The van der Waals surface area contributed by atoms with E-state index in [-0.39, 0.29) is 0 Å². The monoisotopic (exact) mass is 320 g/mol. The van der Waals surface area contributed by atoms with Crippen LogP contribution in [-0.4, -0.2) is 52.9 Å². The molecule has 0 saturated carbocycles. The van der Waals surface area contributed by atoms with Crippen molar-refractivity contribution in [3.8, 4) is 0 Å². The van der Waals surface area contributed by atoms with Crippen molar-refractivity contribution in [3.63, 3.8) is 0 Å². The number of hydrogen-bond acceptors (Lipinski definition) is 3. The van der Waals surface area contributed by atoms with Crippen molar-refractivity contribution >= 4 is 5.96 Å². The normalized spacial score (nSPS) is 17.7. The Morgan fingerprint density at radius 1 is 1.30 bits per heavy atom. The predicted octanol–water partition coefficient (Wildman–Crippen LogP) is 1.60. The standard InChI is InChI=1S/C17H32N6/c1-5-18-17(19-12-15-8-9-21-22(15)4)20-13-16(14(2)3)23-10-6-7-11-23/h8-9,14,16H,5-7,10-13H2,1-4H3,(H2,18,19,20). The van der Waals surface area contributed by atoms with E-state index in [4.69, 9.17) is 0 Å². The minimum atomic E-state index is 0.568. The van der Waals surface area contributed by atoms with Crippen molar-refractivity contribution in [2.45, 2.75) is 46.2 Å². The topological polar surface area (TPSA) is 57.5 Å². The van der Waals surface area contributed by atoms with Crippen molar-refractivity contribution in [1.82, 2.24) is 25.3 Å². The van der Waals surface area contributed by atoms with Crippen LogP contribution in [-0.2, 0) is 13.6 Å². The van der Waals surface area contributed by atoms with Crippen LogP contribution in [0.1, 0.15) is 39.3 Å². The molecular formula is C17H32N6. The van der Waals surface area contributed by atoms with E-state index < -0.39 is 0 Å². The molecule has 1 fully saturated rings. The zero-order valence-electron chi connectivity index (χ0n) is 15.0. The molecule has 0 radical (unpaired) electrons. The van der Waals surface area contributed by atoms with Gasteiger partial charge >= 0.3 is 0 Å². The summed E-state index contributed by atoms with van der Waals surface area (Å²) in [6.45, 7) is 11.6. The molecule has 1 unspecified atom stereocenters. The lowest BCUT2D eigenvalue weighted by Crippen LogP contribution is -2.48. The molecule has 6 nitrogen and oxygen atoms in total. The molecule has 1 atom stereocenters. The van der Waals surface area contributed by atoms with Crippen LogP contribution in [0.2, 0.25) is 0 Å². The Hall–Kier alpha value is -1.56. The maximum absolute atomic E-state index is 4.69. The summed E-state index contributed by atoms with van der Waals surface area (Å²) in [5, 5.41) is 11.1. The third kappa shape index (κ3) is 5.23. The third-order valence-corrected chi connectivity index (χ3v) is 4.52. The first-order valence-corrected chi connectivity index (χ1v) is 8.85. The highest BCUT2D eigenvalue weighted by molar-refractivity contribution is 5.79.